The minimum absolute atomic E-state index is 0.187. The van der Waals surface area contributed by atoms with Gasteiger partial charge in [-0.1, -0.05) is 24.6 Å². The van der Waals surface area contributed by atoms with Crippen molar-refractivity contribution >= 4 is 17.7 Å². The molecule has 1 amide bonds. The Morgan fingerprint density at radius 3 is 2.78 bits per heavy atom. The van der Waals surface area contributed by atoms with Gasteiger partial charge in [0.1, 0.15) is 0 Å². The molecule has 2 N–H and O–H groups in total. The highest BCUT2D eigenvalue weighted by Crippen LogP contribution is 2.35. The van der Waals surface area contributed by atoms with Crippen molar-refractivity contribution in [3.8, 4) is 5.95 Å². The van der Waals surface area contributed by atoms with Gasteiger partial charge in [0.2, 0.25) is 11.1 Å². The van der Waals surface area contributed by atoms with Crippen molar-refractivity contribution in [2.24, 2.45) is 5.92 Å². The van der Waals surface area contributed by atoms with Crippen molar-refractivity contribution in [3.63, 3.8) is 0 Å². The van der Waals surface area contributed by atoms with Gasteiger partial charge in [0.05, 0.1) is 11.4 Å². The first kappa shape index (κ1) is 18.3. The minimum atomic E-state index is 0.187. The molecular weight excluding hydrogens is 362 g/mol. The average Bonchev–Trinajstić information content (AvgIpc) is 3.20. The van der Waals surface area contributed by atoms with Crippen molar-refractivity contribution in [1.29, 1.82) is 0 Å². The van der Waals surface area contributed by atoms with E-state index in [0.717, 1.165) is 30.8 Å². The summed E-state index contributed by atoms with van der Waals surface area (Å²) >= 11 is 1.35. The molecule has 4 rings (SSSR count). The molecule has 146 valence electrons. The second kappa shape index (κ2) is 7.53. The second-order valence-electron chi connectivity index (χ2n) is 7.62. The lowest BCUT2D eigenvalue weighted by molar-refractivity contribution is -0.134. The lowest BCUT2D eigenvalue weighted by Crippen LogP contribution is -2.50. The molecule has 0 radical (unpaired) electrons. The molecule has 3 heterocycles. The third-order valence-electron chi connectivity index (χ3n) is 5.73. The van der Waals surface area contributed by atoms with Crippen LogP contribution in [-0.2, 0) is 4.79 Å². The number of nitrogens with zero attached hydrogens (tertiary/aromatic N) is 6. The molecule has 0 bridgehead atoms. The summed E-state index contributed by atoms with van der Waals surface area (Å²) < 4.78 is 3.09. The van der Waals surface area contributed by atoms with E-state index in [1.54, 1.807) is 4.68 Å². The molecule has 1 saturated heterocycles. The topological polar surface area (TPSA) is 94.9 Å². The van der Waals surface area contributed by atoms with E-state index < -0.39 is 0 Å². The van der Waals surface area contributed by atoms with Crippen LogP contribution in [0.2, 0.25) is 0 Å². The predicted octanol–water partition coefficient (Wildman–Crippen LogP) is 2.07. The smallest absolute Gasteiger partial charge is 0.271 e. The van der Waals surface area contributed by atoms with Gasteiger partial charge in [0, 0.05) is 18.3 Å². The summed E-state index contributed by atoms with van der Waals surface area (Å²) in [5.74, 6) is 7.85. The van der Waals surface area contributed by atoms with Crippen LogP contribution in [0.3, 0.4) is 0 Å². The van der Waals surface area contributed by atoms with Crippen molar-refractivity contribution in [2.45, 2.75) is 63.6 Å². The fraction of sp³-hybridized carbons (Fsp3) is 0.667. The zero-order valence-electron chi connectivity index (χ0n) is 16.0. The first-order valence-electron chi connectivity index (χ1n) is 9.71. The number of piperidine rings is 1. The molecule has 9 heteroatoms. The standard InChI is InChI=1S/C18H27N7OS/c1-12-10-13(2)25(22-12)17-20-21-18(24(17)19)27-11-16(26)23-9-5-7-14-6-3-4-8-15(14)23/h10,14-15H,3-9,11,19H2,1-2H3/t14-,15+/m1/s1. The molecule has 0 aromatic carbocycles. The summed E-state index contributed by atoms with van der Waals surface area (Å²) in [6.45, 7) is 4.75. The molecule has 2 atom stereocenters. The Bertz CT molecular complexity index is 828. The third-order valence-corrected chi connectivity index (χ3v) is 6.66. The normalized spacial score (nSPS) is 22.7. The molecule has 2 fully saturated rings. The summed E-state index contributed by atoms with van der Waals surface area (Å²) in [4.78, 5) is 15.0. The highest BCUT2D eigenvalue weighted by Gasteiger charge is 2.35. The van der Waals surface area contributed by atoms with Crippen LogP contribution in [-0.4, -0.2) is 53.8 Å². The summed E-state index contributed by atoms with van der Waals surface area (Å²) in [6, 6.07) is 2.39. The van der Waals surface area contributed by atoms with Gasteiger partial charge in [0.25, 0.3) is 5.95 Å². The highest BCUT2D eigenvalue weighted by atomic mass is 32.2. The van der Waals surface area contributed by atoms with Gasteiger partial charge in [-0.15, -0.1) is 10.2 Å². The predicted molar refractivity (Wildman–Crippen MR) is 104 cm³/mol. The van der Waals surface area contributed by atoms with Crippen LogP contribution in [0.5, 0.6) is 0 Å². The Morgan fingerprint density at radius 2 is 2.00 bits per heavy atom. The Labute approximate surface area is 163 Å². The molecule has 2 aliphatic rings. The maximum atomic E-state index is 12.9. The average molecular weight is 390 g/mol. The van der Waals surface area contributed by atoms with E-state index in [4.69, 9.17) is 5.84 Å². The van der Waals surface area contributed by atoms with E-state index in [9.17, 15) is 4.79 Å². The van der Waals surface area contributed by atoms with Crippen molar-refractivity contribution < 1.29 is 4.79 Å². The summed E-state index contributed by atoms with van der Waals surface area (Å²) in [7, 11) is 0. The number of nitrogen functional groups attached to an aromatic ring is 1. The third kappa shape index (κ3) is 3.56. The molecule has 1 aliphatic carbocycles. The number of hydrogen-bond acceptors (Lipinski definition) is 6. The van der Waals surface area contributed by atoms with Gasteiger partial charge in [-0.3, -0.25) is 4.79 Å². The summed E-state index contributed by atoms with van der Waals surface area (Å²) in [5, 5.41) is 13.2. The molecule has 2 aromatic heterocycles. The first-order valence-corrected chi connectivity index (χ1v) is 10.7. The number of aromatic nitrogens is 5. The number of amides is 1. The maximum Gasteiger partial charge on any atom is 0.271 e. The van der Waals surface area contributed by atoms with Crippen molar-refractivity contribution in [1.82, 2.24) is 29.6 Å². The van der Waals surface area contributed by atoms with Crippen LogP contribution in [0.4, 0.5) is 0 Å². The van der Waals surface area contributed by atoms with Crippen LogP contribution < -0.4 is 5.84 Å². The number of thioether (sulfide) groups is 1. The number of nitrogens with two attached hydrogens (primary N) is 1. The van der Waals surface area contributed by atoms with Gasteiger partial charge < -0.3 is 10.7 Å². The Balaban J connectivity index is 1.43. The number of rotatable bonds is 4. The quantitative estimate of drug-likeness (QED) is 0.635. The largest absolute Gasteiger partial charge is 0.339 e. The number of likely N-dealkylation sites (tertiary alicyclic amines) is 1. The zero-order valence-corrected chi connectivity index (χ0v) is 16.8. The van der Waals surface area contributed by atoms with Crippen molar-refractivity contribution in [3.05, 3.63) is 17.5 Å². The van der Waals surface area contributed by atoms with Gasteiger partial charge in [-0.2, -0.15) is 5.10 Å². The monoisotopic (exact) mass is 389 g/mol. The van der Waals surface area contributed by atoms with Crippen LogP contribution in [0, 0.1) is 19.8 Å². The van der Waals surface area contributed by atoms with Crippen molar-refractivity contribution in [2.75, 3.05) is 18.1 Å². The SMILES string of the molecule is Cc1cc(C)n(-c2nnc(SCC(=O)N3CCC[C@H]4CCCC[C@@H]43)n2N)n1. The first-order chi connectivity index (χ1) is 13.0. The van der Waals surface area contributed by atoms with Gasteiger partial charge in [-0.05, 0) is 51.5 Å². The zero-order chi connectivity index (χ0) is 19.0. The number of fused-ring (bicyclic) bond motifs is 1. The molecule has 0 unspecified atom stereocenters. The number of carbonyl (C=O) groups excluding carboxylic acids is 1. The van der Waals surface area contributed by atoms with Crippen LogP contribution in [0.25, 0.3) is 5.95 Å². The lowest BCUT2D eigenvalue weighted by Gasteiger charge is -2.44. The van der Waals surface area contributed by atoms with Crippen LogP contribution in [0.15, 0.2) is 11.2 Å². The van der Waals surface area contributed by atoms with Gasteiger partial charge in [0.15, 0.2) is 0 Å². The van der Waals surface area contributed by atoms with E-state index in [1.807, 2.05) is 19.9 Å². The van der Waals surface area contributed by atoms with Crippen LogP contribution >= 0.6 is 11.8 Å². The molecular formula is C18H27N7OS. The molecule has 8 nitrogen and oxygen atoms in total. The van der Waals surface area contributed by atoms with E-state index in [2.05, 4.69) is 20.2 Å². The van der Waals surface area contributed by atoms with E-state index in [1.165, 1.54) is 42.1 Å². The fourth-order valence-corrected chi connectivity index (χ4v) is 5.22. The molecule has 1 saturated carbocycles. The summed E-state index contributed by atoms with van der Waals surface area (Å²) in [5.41, 5.74) is 1.84. The van der Waals surface area contributed by atoms with Crippen LogP contribution in [0.1, 0.15) is 49.9 Å². The molecule has 2 aromatic rings. The molecule has 1 aliphatic heterocycles. The number of hydrogen-bond donors (Lipinski definition) is 1. The Morgan fingerprint density at radius 1 is 1.22 bits per heavy atom. The number of aryl methyl sites for hydroxylation is 2. The van der Waals surface area contributed by atoms with Gasteiger partial charge in [-0.25, -0.2) is 9.36 Å². The maximum absolute atomic E-state index is 12.9. The molecule has 0 spiro atoms. The number of carbonyl (C=O) groups is 1. The highest BCUT2D eigenvalue weighted by molar-refractivity contribution is 7.99. The molecule has 27 heavy (non-hydrogen) atoms. The van der Waals surface area contributed by atoms with E-state index in [0.29, 0.717) is 28.8 Å². The van der Waals surface area contributed by atoms with E-state index >= 15 is 0 Å². The minimum Gasteiger partial charge on any atom is -0.339 e. The Hall–Kier alpha value is -2.03. The van der Waals surface area contributed by atoms with E-state index in [-0.39, 0.29) is 5.91 Å². The second-order valence-corrected chi connectivity index (χ2v) is 8.56. The lowest BCUT2D eigenvalue weighted by atomic mass is 9.78. The Kier molecular flexibility index (Phi) is 5.12. The summed E-state index contributed by atoms with van der Waals surface area (Å²) in [6.07, 6.45) is 7.35. The fourth-order valence-electron chi connectivity index (χ4n) is 4.49. The van der Waals surface area contributed by atoms with Gasteiger partial charge >= 0.3 is 0 Å².